The molecular weight excluding hydrogens is 311 g/mol. The van der Waals surface area contributed by atoms with Gasteiger partial charge in [-0.2, -0.15) is 0 Å². The van der Waals surface area contributed by atoms with Crippen LogP contribution in [0.2, 0.25) is 0 Å². The number of hydrogen-bond donors (Lipinski definition) is 3. The van der Waals surface area contributed by atoms with Crippen molar-refractivity contribution in [2.45, 2.75) is 0 Å². The number of halogens is 1. The largest absolute Gasteiger partial charge is 0.354 e. The summed E-state index contributed by atoms with van der Waals surface area (Å²) in [5, 5.41) is 6.17. The van der Waals surface area contributed by atoms with Crippen molar-refractivity contribution >= 4 is 22.8 Å². The van der Waals surface area contributed by atoms with Gasteiger partial charge >= 0.3 is 0 Å². The minimum absolute atomic E-state index is 0.224. The van der Waals surface area contributed by atoms with Gasteiger partial charge in [-0.1, -0.05) is 12.1 Å². The number of aromatic amines is 1. The number of anilines is 1. The third-order valence-corrected chi connectivity index (χ3v) is 3.42. The topological polar surface area (TPSA) is 86.9 Å². The van der Waals surface area contributed by atoms with E-state index < -0.39 is 0 Å². The second kappa shape index (κ2) is 6.91. The molecule has 0 aliphatic heterocycles. The fourth-order valence-corrected chi connectivity index (χ4v) is 2.23. The molecule has 0 saturated carbocycles. The van der Waals surface area contributed by atoms with Gasteiger partial charge in [0.2, 0.25) is 5.95 Å². The number of rotatable bonds is 5. The molecule has 3 rings (SSSR count). The van der Waals surface area contributed by atoms with Crippen molar-refractivity contribution in [2.24, 2.45) is 0 Å². The summed E-state index contributed by atoms with van der Waals surface area (Å²) in [6.45, 7) is 0.709. The van der Waals surface area contributed by atoms with Crippen molar-refractivity contribution in [2.75, 3.05) is 18.4 Å². The number of fused-ring (bicyclic) bond motifs is 1. The maximum atomic E-state index is 12.8. The molecular formula is C17H15FN4O2. The summed E-state index contributed by atoms with van der Waals surface area (Å²) in [6.07, 6.45) is 0. The molecule has 1 aromatic heterocycles. The number of carbonyl (C=O) groups excluding carboxylic acids is 1. The molecule has 7 heteroatoms. The first-order chi connectivity index (χ1) is 11.6. The molecule has 0 bridgehead atoms. The summed E-state index contributed by atoms with van der Waals surface area (Å²) < 4.78 is 12.8. The van der Waals surface area contributed by atoms with Gasteiger partial charge in [-0.3, -0.25) is 14.6 Å². The molecule has 0 radical (unpaired) electrons. The van der Waals surface area contributed by atoms with E-state index in [0.717, 1.165) is 0 Å². The molecule has 1 amide bonds. The summed E-state index contributed by atoms with van der Waals surface area (Å²) in [5.74, 6) is -0.342. The van der Waals surface area contributed by atoms with Crippen molar-refractivity contribution in [3.63, 3.8) is 0 Å². The minimum atomic E-state index is -0.389. The molecule has 0 fully saturated rings. The van der Waals surface area contributed by atoms with Crippen LogP contribution in [-0.2, 0) is 0 Å². The lowest BCUT2D eigenvalue weighted by molar-refractivity contribution is 0.0955. The van der Waals surface area contributed by atoms with Crippen LogP contribution < -0.4 is 16.2 Å². The van der Waals surface area contributed by atoms with Crippen molar-refractivity contribution < 1.29 is 9.18 Å². The Morgan fingerprint density at radius 3 is 2.62 bits per heavy atom. The average Bonchev–Trinajstić information content (AvgIpc) is 2.59. The summed E-state index contributed by atoms with van der Waals surface area (Å²) >= 11 is 0. The van der Waals surface area contributed by atoms with E-state index >= 15 is 0 Å². The normalized spacial score (nSPS) is 10.5. The molecule has 6 nitrogen and oxygen atoms in total. The molecule has 0 spiro atoms. The van der Waals surface area contributed by atoms with E-state index in [0.29, 0.717) is 35.5 Å². The van der Waals surface area contributed by atoms with E-state index in [1.54, 1.807) is 18.2 Å². The lowest BCUT2D eigenvalue weighted by Gasteiger charge is -2.08. The van der Waals surface area contributed by atoms with Gasteiger partial charge in [0.05, 0.1) is 10.9 Å². The maximum Gasteiger partial charge on any atom is 0.260 e. The van der Waals surface area contributed by atoms with Gasteiger partial charge in [0.1, 0.15) is 5.82 Å². The molecule has 3 aromatic rings. The van der Waals surface area contributed by atoms with Gasteiger partial charge in [0.25, 0.3) is 11.5 Å². The molecule has 0 unspecified atom stereocenters. The molecule has 3 N–H and O–H groups in total. The lowest BCUT2D eigenvalue weighted by Crippen LogP contribution is -2.29. The lowest BCUT2D eigenvalue weighted by atomic mass is 10.2. The van der Waals surface area contributed by atoms with Gasteiger partial charge < -0.3 is 10.6 Å². The highest BCUT2D eigenvalue weighted by Crippen LogP contribution is 2.07. The molecule has 0 aliphatic rings. The molecule has 24 heavy (non-hydrogen) atoms. The number of nitrogens with zero attached hydrogens (tertiary/aromatic N) is 1. The second-order valence-electron chi connectivity index (χ2n) is 5.12. The maximum absolute atomic E-state index is 12.8. The van der Waals surface area contributed by atoms with E-state index in [1.807, 2.05) is 6.07 Å². The number of aromatic nitrogens is 2. The zero-order chi connectivity index (χ0) is 16.9. The number of nitrogens with one attached hydrogen (secondary N) is 3. The molecule has 2 aromatic carbocycles. The number of benzene rings is 2. The van der Waals surface area contributed by atoms with E-state index in [1.165, 1.54) is 24.3 Å². The van der Waals surface area contributed by atoms with Gasteiger partial charge in [-0.25, -0.2) is 9.37 Å². The Morgan fingerprint density at radius 1 is 1.08 bits per heavy atom. The van der Waals surface area contributed by atoms with Crippen LogP contribution in [0.25, 0.3) is 10.9 Å². The quantitative estimate of drug-likeness (QED) is 0.625. The highest BCUT2D eigenvalue weighted by Gasteiger charge is 2.05. The fraction of sp³-hybridized carbons (Fsp3) is 0.118. The molecule has 0 saturated heterocycles. The summed E-state index contributed by atoms with van der Waals surface area (Å²) in [7, 11) is 0. The Hall–Kier alpha value is -3.22. The van der Waals surface area contributed by atoms with Gasteiger partial charge in [-0.15, -0.1) is 0 Å². The second-order valence-corrected chi connectivity index (χ2v) is 5.12. The zero-order valence-corrected chi connectivity index (χ0v) is 12.7. The van der Waals surface area contributed by atoms with Crippen LogP contribution in [0.15, 0.2) is 53.3 Å². The van der Waals surface area contributed by atoms with Crippen LogP contribution >= 0.6 is 0 Å². The predicted molar refractivity (Wildman–Crippen MR) is 89.6 cm³/mol. The highest BCUT2D eigenvalue weighted by molar-refractivity contribution is 5.94. The molecule has 0 atom stereocenters. The van der Waals surface area contributed by atoms with Gasteiger partial charge in [-0.05, 0) is 36.4 Å². The minimum Gasteiger partial charge on any atom is -0.354 e. The average molecular weight is 326 g/mol. The molecule has 1 heterocycles. The SMILES string of the molecule is O=C(NCCNc1nc2ccccc2c(=O)[nH]1)c1ccc(F)cc1. The number of para-hydroxylation sites is 1. The van der Waals surface area contributed by atoms with Crippen molar-refractivity contribution in [1.29, 1.82) is 0 Å². The van der Waals surface area contributed by atoms with Crippen molar-refractivity contribution in [3.05, 3.63) is 70.3 Å². The summed E-state index contributed by atoms with van der Waals surface area (Å²) in [5.41, 5.74) is 0.756. The van der Waals surface area contributed by atoms with Crippen molar-refractivity contribution in [1.82, 2.24) is 15.3 Å². The fourth-order valence-electron chi connectivity index (χ4n) is 2.23. The van der Waals surface area contributed by atoms with Gasteiger partial charge in [0, 0.05) is 18.7 Å². The summed E-state index contributed by atoms with van der Waals surface area (Å²) in [6, 6.07) is 12.3. The zero-order valence-electron chi connectivity index (χ0n) is 12.7. The highest BCUT2D eigenvalue weighted by atomic mass is 19.1. The number of carbonyl (C=O) groups is 1. The first kappa shape index (κ1) is 15.7. The van der Waals surface area contributed by atoms with E-state index in [9.17, 15) is 14.0 Å². The van der Waals surface area contributed by atoms with Gasteiger partial charge in [0.15, 0.2) is 0 Å². The van der Waals surface area contributed by atoms with E-state index in [4.69, 9.17) is 0 Å². The summed E-state index contributed by atoms with van der Waals surface area (Å²) in [4.78, 5) is 30.7. The predicted octanol–water partition coefficient (Wildman–Crippen LogP) is 1.90. The third kappa shape index (κ3) is 3.57. The monoisotopic (exact) mass is 326 g/mol. The Labute approximate surface area is 136 Å². The van der Waals surface area contributed by atoms with Crippen LogP contribution in [0.1, 0.15) is 10.4 Å². The number of hydrogen-bond acceptors (Lipinski definition) is 4. The van der Waals surface area contributed by atoms with Crippen LogP contribution in [0.5, 0.6) is 0 Å². The van der Waals surface area contributed by atoms with Crippen LogP contribution in [-0.4, -0.2) is 29.0 Å². The van der Waals surface area contributed by atoms with Crippen molar-refractivity contribution in [3.8, 4) is 0 Å². The van der Waals surface area contributed by atoms with Crippen LogP contribution in [0.3, 0.4) is 0 Å². The smallest absolute Gasteiger partial charge is 0.260 e. The van der Waals surface area contributed by atoms with Crippen LogP contribution in [0.4, 0.5) is 10.3 Å². The standard InChI is InChI=1S/C17H15FN4O2/c18-12-7-5-11(6-8-12)15(23)19-9-10-20-17-21-14-4-2-1-3-13(14)16(24)22-17/h1-8H,9-10H2,(H,19,23)(H2,20,21,22,24). The Bertz CT molecular complexity index is 922. The Morgan fingerprint density at radius 2 is 1.83 bits per heavy atom. The van der Waals surface area contributed by atoms with E-state index in [-0.39, 0.29) is 17.3 Å². The first-order valence-corrected chi connectivity index (χ1v) is 7.40. The number of H-pyrrole nitrogens is 1. The molecule has 122 valence electrons. The van der Waals surface area contributed by atoms with E-state index in [2.05, 4.69) is 20.6 Å². The Kier molecular flexibility index (Phi) is 4.51. The number of amides is 1. The molecule has 0 aliphatic carbocycles. The Balaban J connectivity index is 1.56. The van der Waals surface area contributed by atoms with Crippen LogP contribution in [0, 0.1) is 5.82 Å². The third-order valence-electron chi connectivity index (χ3n) is 3.42. The first-order valence-electron chi connectivity index (χ1n) is 7.40.